The molecule has 0 aliphatic carbocycles. The number of carbonyl (C=O) groups is 2. The molecule has 2 aromatic rings. The van der Waals surface area contributed by atoms with Crippen molar-refractivity contribution in [1.82, 2.24) is 4.90 Å². The summed E-state index contributed by atoms with van der Waals surface area (Å²) in [5, 5.41) is 2.55. The summed E-state index contributed by atoms with van der Waals surface area (Å²) >= 11 is 1.48. The van der Waals surface area contributed by atoms with Gasteiger partial charge in [-0.05, 0) is 29.7 Å². The molecule has 122 valence electrons. The number of anilines is 1. The van der Waals surface area contributed by atoms with Crippen LogP contribution < -0.4 is 5.32 Å². The molecule has 0 fully saturated rings. The summed E-state index contributed by atoms with van der Waals surface area (Å²) in [5.41, 5.74) is 3.37. The van der Waals surface area contributed by atoms with E-state index in [4.69, 9.17) is 0 Å². The lowest BCUT2D eigenvalue weighted by Gasteiger charge is -2.31. The zero-order chi connectivity index (χ0) is 16.5. The molecular formula is C19H18N2O2S. The van der Waals surface area contributed by atoms with Crippen molar-refractivity contribution < 1.29 is 9.59 Å². The van der Waals surface area contributed by atoms with Crippen LogP contribution in [0.25, 0.3) is 0 Å². The van der Waals surface area contributed by atoms with Crippen molar-refractivity contribution in [3.05, 3.63) is 59.7 Å². The normalized spacial score (nSPS) is 19.2. The lowest BCUT2D eigenvalue weighted by Crippen LogP contribution is -2.40. The van der Waals surface area contributed by atoms with Gasteiger partial charge in [0, 0.05) is 24.4 Å². The second kappa shape index (κ2) is 6.32. The average Bonchev–Trinajstić information content (AvgIpc) is 2.62. The van der Waals surface area contributed by atoms with Gasteiger partial charge in [0.15, 0.2) is 0 Å². The van der Waals surface area contributed by atoms with Gasteiger partial charge in [0.1, 0.15) is 0 Å². The number of amides is 2. The SMILES string of the molecule is O=C1Nc2ccccc2S[C@H]1CC(=O)N1CCc2ccccc2C1. The van der Waals surface area contributed by atoms with Crippen molar-refractivity contribution in [2.75, 3.05) is 11.9 Å². The van der Waals surface area contributed by atoms with Gasteiger partial charge in [-0.15, -0.1) is 11.8 Å². The number of carbonyl (C=O) groups excluding carboxylic acids is 2. The van der Waals surface area contributed by atoms with Crippen molar-refractivity contribution in [1.29, 1.82) is 0 Å². The fourth-order valence-corrected chi connectivity index (χ4v) is 4.32. The van der Waals surface area contributed by atoms with E-state index >= 15 is 0 Å². The van der Waals surface area contributed by atoms with Crippen LogP contribution in [0.4, 0.5) is 5.69 Å². The Morgan fingerprint density at radius 3 is 2.75 bits per heavy atom. The van der Waals surface area contributed by atoms with Crippen LogP contribution >= 0.6 is 11.8 Å². The van der Waals surface area contributed by atoms with E-state index in [-0.39, 0.29) is 23.5 Å². The molecule has 0 unspecified atom stereocenters. The number of fused-ring (bicyclic) bond motifs is 2. The number of thioether (sulfide) groups is 1. The van der Waals surface area contributed by atoms with Gasteiger partial charge in [0.05, 0.1) is 10.9 Å². The van der Waals surface area contributed by atoms with Crippen LogP contribution in [-0.2, 0) is 22.6 Å². The number of nitrogens with one attached hydrogen (secondary N) is 1. The van der Waals surface area contributed by atoms with E-state index in [0.29, 0.717) is 6.54 Å². The average molecular weight is 338 g/mol. The minimum absolute atomic E-state index is 0.0523. The van der Waals surface area contributed by atoms with Crippen molar-refractivity contribution >= 4 is 29.3 Å². The standard InChI is InChI=1S/C19H18N2O2S/c22-18(21-10-9-13-5-1-2-6-14(13)12-21)11-17-19(23)20-15-7-3-4-8-16(15)24-17/h1-8,17H,9-12H2,(H,20,23)/t17-/m0/s1. The van der Waals surface area contributed by atoms with Gasteiger partial charge in [-0.3, -0.25) is 9.59 Å². The van der Waals surface area contributed by atoms with E-state index in [0.717, 1.165) is 23.5 Å². The maximum atomic E-state index is 12.7. The highest BCUT2D eigenvalue weighted by molar-refractivity contribution is 8.01. The van der Waals surface area contributed by atoms with E-state index < -0.39 is 0 Å². The Labute approximate surface area is 145 Å². The highest BCUT2D eigenvalue weighted by atomic mass is 32.2. The summed E-state index contributed by atoms with van der Waals surface area (Å²) < 4.78 is 0. The minimum atomic E-state index is -0.357. The Morgan fingerprint density at radius 2 is 1.88 bits per heavy atom. The Morgan fingerprint density at radius 1 is 1.12 bits per heavy atom. The molecule has 0 aromatic heterocycles. The highest BCUT2D eigenvalue weighted by Gasteiger charge is 2.31. The number of hydrogen-bond donors (Lipinski definition) is 1. The van der Waals surface area contributed by atoms with Gasteiger partial charge in [0.25, 0.3) is 0 Å². The van der Waals surface area contributed by atoms with Crippen LogP contribution in [0.5, 0.6) is 0 Å². The number of para-hydroxylation sites is 1. The van der Waals surface area contributed by atoms with Gasteiger partial charge >= 0.3 is 0 Å². The first-order valence-electron chi connectivity index (χ1n) is 8.12. The topological polar surface area (TPSA) is 49.4 Å². The fourth-order valence-electron chi connectivity index (χ4n) is 3.22. The predicted molar refractivity (Wildman–Crippen MR) is 94.9 cm³/mol. The van der Waals surface area contributed by atoms with Crippen LogP contribution in [0.2, 0.25) is 0 Å². The Kier molecular flexibility index (Phi) is 4.02. The molecule has 0 bridgehead atoms. The molecule has 0 radical (unpaired) electrons. The first-order valence-corrected chi connectivity index (χ1v) is 9.00. The zero-order valence-corrected chi connectivity index (χ0v) is 14.0. The van der Waals surface area contributed by atoms with Crippen molar-refractivity contribution in [3.63, 3.8) is 0 Å². The fraction of sp³-hybridized carbons (Fsp3) is 0.263. The van der Waals surface area contributed by atoms with E-state index in [1.165, 1.54) is 22.9 Å². The quantitative estimate of drug-likeness (QED) is 0.915. The van der Waals surface area contributed by atoms with E-state index in [1.54, 1.807) is 0 Å². The van der Waals surface area contributed by atoms with E-state index in [2.05, 4.69) is 17.4 Å². The number of nitrogens with zero attached hydrogens (tertiary/aromatic N) is 1. The Balaban J connectivity index is 1.45. The third-order valence-corrected chi connectivity index (χ3v) is 5.83. The van der Waals surface area contributed by atoms with Crippen molar-refractivity contribution in [3.8, 4) is 0 Å². The van der Waals surface area contributed by atoms with Gasteiger partial charge < -0.3 is 10.2 Å². The molecule has 4 nitrogen and oxygen atoms in total. The zero-order valence-electron chi connectivity index (χ0n) is 13.2. The molecule has 2 aliphatic rings. The first kappa shape index (κ1) is 15.3. The number of hydrogen-bond acceptors (Lipinski definition) is 3. The smallest absolute Gasteiger partial charge is 0.238 e. The molecule has 0 saturated heterocycles. The number of rotatable bonds is 2. The van der Waals surface area contributed by atoms with Crippen LogP contribution in [0.15, 0.2) is 53.4 Å². The lowest BCUT2D eigenvalue weighted by molar-refractivity contribution is -0.133. The van der Waals surface area contributed by atoms with Crippen LogP contribution in [0.1, 0.15) is 17.5 Å². The monoisotopic (exact) mass is 338 g/mol. The summed E-state index contributed by atoms with van der Waals surface area (Å²) in [7, 11) is 0. The van der Waals surface area contributed by atoms with Crippen molar-refractivity contribution in [2.24, 2.45) is 0 Å². The van der Waals surface area contributed by atoms with Crippen LogP contribution in [-0.4, -0.2) is 28.5 Å². The molecule has 0 saturated carbocycles. The lowest BCUT2D eigenvalue weighted by atomic mass is 9.99. The van der Waals surface area contributed by atoms with E-state index in [1.807, 2.05) is 41.3 Å². The highest BCUT2D eigenvalue weighted by Crippen LogP contribution is 2.37. The van der Waals surface area contributed by atoms with Crippen LogP contribution in [0.3, 0.4) is 0 Å². The maximum Gasteiger partial charge on any atom is 0.238 e. The molecule has 2 aliphatic heterocycles. The predicted octanol–water partition coefficient (Wildman–Crippen LogP) is 3.07. The maximum absolute atomic E-state index is 12.7. The van der Waals surface area contributed by atoms with Crippen LogP contribution in [0, 0.1) is 0 Å². The summed E-state index contributed by atoms with van der Waals surface area (Å²) in [4.78, 5) is 27.8. The third kappa shape index (κ3) is 2.91. The van der Waals surface area contributed by atoms with Crippen molar-refractivity contribution in [2.45, 2.75) is 29.5 Å². The molecule has 4 rings (SSSR count). The van der Waals surface area contributed by atoms with Gasteiger partial charge in [-0.25, -0.2) is 0 Å². The summed E-state index contributed by atoms with van der Waals surface area (Å²) in [5.74, 6) is -0.0269. The molecule has 2 aromatic carbocycles. The molecule has 24 heavy (non-hydrogen) atoms. The van der Waals surface area contributed by atoms with Gasteiger partial charge in [0.2, 0.25) is 11.8 Å². The summed E-state index contributed by atoms with van der Waals surface area (Å²) in [6, 6.07) is 16.0. The van der Waals surface area contributed by atoms with Gasteiger partial charge in [-0.2, -0.15) is 0 Å². The molecule has 1 atom stereocenters. The third-order valence-electron chi connectivity index (χ3n) is 4.55. The molecule has 2 amide bonds. The second-order valence-corrected chi connectivity index (χ2v) is 7.37. The summed E-state index contributed by atoms with van der Waals surface area (Å²) in [6.07, 6.45) is 1.13. The Bertz CT molecular complexity index is 805. The molecule has 0 spiro atoms. The van der Waals surface area contributed by atoms with E-state index in [9.17, 15) is 9.59 Å². The second-order valence-electron chi connectivity index (χ2n) is 6.13. The van der Waals surface area contributed by atoms with Gasteiger partial charge in [-0.1, -0.05) is 36.4 Å². The molecule has 1 N–H and O–H groups in total. The minimum Gasteiger partial charge on any atom is -0.338 e. The molecule has 2 heterocycles. The number of benzene rings is 2. The summed E-state index contributed by atoms with van der Waals surface area (Å²) in [6.45, 7) is 1.37. The molecular weight excluding hydrogens is 320 g/mol. The first-order chi connectivity index (χ1) is 11.7. The Hall–Kier alpha value is -2.27. The molecule has 5 heteroatoms. The largest absolute Gasteiger partial charge is 0.338 e.